The molecule has 0 unspecified atom stereocenters. The van der Waals surface area contributed by atoms with Crippen LogP contribution >= 0.6 is 0 Å². The maximum Gasteiger partial charge on any atom is 0.244 e. The van der Waals surface area contributed by atoms with Crippen molar-refractivity contribution in [2.45, 2.75) is 19.6 Å². The van der Waals surface area contributed by atoms with Gasteiger partial charge in [0.25, 0.3) is 0 Å². The lowest BCUT2D eigenvalue weighted by Crippen LogP contribution is -2.30. The molecule has 0 fully saturated rings. The zero-order chi connectivity index (χ0) is 22.1. The minimum Gasteiger partial charge on any atom is -0.492 e. The van der Waals surface area contributed by atoms with E-state index >= 15 is 0 Å². The summed E-state index contributed by atoms with van der Waals surface area (Å²) in [5, 5.41) is 17.8. The molecule has 8 nitrogen and oxygen atoms in total. The number of carbonyl (C=O) groups excluding carboxylic acids is 1. The van der Waals surface area contributed by atoms with Gasteiger partial charge in [0.2, 0.25) is 5.91 Å². The van der Waals surface area contributed by atoms with E-state index in [1.54, 1.807) is 35.1 Å². The third-order valence-corrected chi connectivity index (χ3v) is 4.94. The van der Waals surface area contributed by atoms with E-state index in [0.717, 1.165) is 22.6 Å². The van der Waals surface area contributed by atoms with Gasteiger partial charge in [-0.25, -0.2) is 0 Å². The van der Waals surface area contributed by atoms with Crippen LogP contribution in [0.4, 0.5) is 0 Å². The normalized spacial score (nSPS) is 11.8. The van der Waals surface area contributed by atoms with Crippen LogP contribution in [0.3, 0.4) is 0 Å². The summed E-state index contributed by atoms with van der Waals surface area (Å²) >= 11 is 0. The van der Waals surface area contributed by atoms with Crippen LogP contribution in [0, 0.1) is 0 Å². The Balaban J connectivity index is 1.42. The van der Waals surface area contributed by atoms with E-state index in [2.05, 4.69) is 15.4 Å². The van der Waals surface area contributed by atoms with E-state index in [-0.39, 0.29) is 12.5 Å². The lowest BCUT2D eigenvalue weighted by atomic mass is 10.1. The van der Waals surface area contributed by atoms with Crippen LogP contribution < -0.4 is 10.1 Å². The van der Waals surface area contributed by atoms with E-state index in [4.69, 9.17) is 4.74 Å². The third kappa shape index (κ3) is 6.63. The summed E-state index contributed by atoms with van der Waals surface area (Å²) in [5.41, 5.74) is 2.56. The Labute approximate surface area is 182 Å². The van der Waals surface area contributed by atoms with Crippen molar-refractivity contribution in [3.05, 3.63) is 66.6 Å². The summed E-state index contributed by atoms with van der Waals surface area (Å²) in [6, 6.07) is 13.2. The molecule has 0 aliphatic carbocycles. The van der Waals surface area contributed by atoms with Crippen LogP contribution in [-0.2, 0) is 11.3 Å². The summed E-state index contributed by atoms with van der Waals surface area (Å²) in [5.74, 6) is 0.792. The lowest BCUT2D eigenvalue weighted by Gasteiger charge is -2.13. The second-order valence-corrected chi connectivity index (χ2v) is 7.19. The highest BCUT2D eigenvalue weighted by atomic mass is 16.5. The minimum absolute atomic E-state index is 0.0301. The maximum absolute atomic E-state index is 12.0. The highest BCUT2D eigenvalue weighted by Gasteiger charge is 2.10. The Morgan fingerprint density at radius 2 is 2.06 bits per heavy atom. The van der Waals surface area contributed by atoms with Crippen LogP contribution in [0.25, 0.3) is 11.3 Å². The van der Waals surface area contributed by atoms with Crippen molar-refractivity contribution >= 4 is 5.91 Å². The van der Waals surface area contributed by atoms with Gasteiger partial charge in [-0.3, -0.25) is 14.5 Å². The largest absolute Gasteiger partial charge is 0.492 e. The standard InChI is InChI=1S/C23H29N5O3/c1-3-27(2)23(30)17-28-13-10-21(26-28)18-6-8-20(9-7-18)31-14-12-25-16-22(29)19-5-4-11-24-15-19/h4-11,13,15,22,25,29H,3,12,14,16-17H2,1-2H3/t22-/m1/s1. The van der Waals surface area contributed by atoms with Crippen molar-refractivity contribution in [1.29, 1.82) is 0 Å². The summed E-state index contributed by atoms with van der Waals surface area (Å²) in [7, 11) is 1.78. The Bertz CT molecular complexity index is 943. The quantitative estimate of drug-likeness (QED) is 0.459. The number of aromatic nitrogens is 3. The number of ether oxygens (including phenoxy) is 1. The number of nitrogens with one attached hydrogen (secondary N) is 1. The SMILES string of the molecule is CCN(C)C(=O)Cn1ccc(-c2ccc(OCCNC[C@@H](O)c3cccnc3)cc2)n1. The molecule has 2 aromatic heterocycles. The number of carbonyl (C=O) groups is 1. The van der Waals surface area contributed by atoms with E-state index in [9.17, 15) is 9.90 Å². The predicted molar refractivity (Wildman–Crippen MR) is 119 cm³/mol. The van der Waals surface area contributed by atoms with Crippen molar-refractivity contribution in [2.24, 2.45) is 0 Å². The van der Waals surface area contributed by atoms with E-state index in [1.807, 2.05) is 49.5 Å². The maximum atomic E-state index is 12.0. The number of hydrogen-bond acceptors (Lipinski definition) is 6. The molecule has 0 aliphatic rings. The van der Waals surface area contributed by atoms with Crippen molar-refractivity contribution in [3.63, 3.8) is 0 Å². The first-order valence-corrected chi connectivity index (χ1v) is 10.4. The van der Waals surface area contributed by atoms with Crippen LogP contribution in [0.15, 0.2) is 61.1 Å². The van der Waals surface area contributed by atoms with Gasteiger partial charge in [0.05, 0.1) is 11.8 Å². The third-order valence-electron chi connectivity index (χ3n) is 4.94. The second kappa shape index (κ2) is 11.2. The van der Waals surface area contributed by atoms with Crippen molar-refractivity contribution in [1.82, 2.24) is 25.0 Å². The molecular weight excluding hydrogens is 394 g/mol. The van der Waals surface area contributed by atoms with Gasteiger partial charge in [0, 0.05) is 56.4 Å². The molecule has 31 heavy (non-hydrogen) atoms. The molecule has 0 saturated heterocycles. The molecule has 1 atom stereocenters. The molecule has 0 saturated carbocycles. The molecule has 0 bridgehead atoms. The second-order valence-electron chi connectivity index (χ2n) is 7.19. The highest BCUT2D eigenvalue weighted by Crippen LogP contribution is 2.21. The van der Waals surface area contributed by atoms with E-state index in [0.29, 0.717) is 26.2 Å². The smallest absolute Gasteiger partial charge is 0.244 e. The minimum atomic E-state index is -0.592. The monoisotopic (exact) mass is 423 g/mol. The number of hydrogen-bond donors (Lipinski definition) is 2. The average molecular weight is 424 g/mol. The zero-order valence-corrected chi connectivity index (χ0v) is 17.9. The number of nitrogens with zero attached hydrogens (tertiary/aromatic N) is 4. The Morgan fingerprint density at radius 1 is 1.26 bits per heavy atom. The molecule has 0 aliphatic heterocycles. The van der Waals surface area contributed by atoms with Gasteiger partial charge in [0.15, 0.2) is 0 Å². The number of aliphatic hydroxyl groups excluding tert-OH is 1. The predicted octanol–water partition coefficient (Wildman–Crippen LogP) is 2.13. The zero-order valence-electron chi connectivity index (χ0n) is 17.9. The number of rotatable bonds is 11. The van der Waals surface area contributed by atoms with Crippen LogP contribution in [0.2, 0.25) is 0 Å². The Hall–Kier alpha value is -3.23. The first-order valence-electron chi connectivity index (χ1n) is 10.4. The molecule has 0 spiro atoms. The molecule has 3 aromatic rings. The van der Waals surface area contributed by atoms with Gasteiger partial charge in [-0.15, -0.1) is 0 Å². The van der Waals surface area contributed by atoms with Crippen LogP contribution in [-0.4, -0.2) is 64.0 Å². The first kappa shape index (κ1) is 22.5. The number of likely N-dealkylation sites (N-methyl/N-ethyl adjacent to an activating group) is 1. The van der Waals surface area contributed by atoms with Crippen molar-refractivity contribution in [3.8, 4) is 17.0 Å². The highest BCUT2D eigenvalue weighted by molar-refractivity contribution is 5.75. The van der Waals surface area contributed by atoms with Gasteiger partial charge < -0.3 is 20.1 Å². The number of amides is 1. The molecular formula is C23H29N5O3. The fourth-order valence-electron chi connectivity index (χ4n) is 2.93. The Kier molecular flexibility index (Phi) is 8.14. The van der Waals surface area contributed by atoms with E-state index in [1.165, 1.54) is 0 Å². The summed E-state index contributed by atoms with van der Waals surface area (Å²) in [6.07, 6.45) is 4.56. The van der Waals surface area contributed by atoms with E-state index < -0.39 is 6.10 Å². The van der Waals surface area contributed by atoms with Gasteiger partial charge >= 0.3 is 0 Å². The topological polar surface area (TPSA) is 92.5 Å². The fraction of sp³-hybridized carbons (Fsp3) is 0.348. The molecule has 2 N–H and O–H groups in total. The average Bonchev–Trinajstić information content (AvgIpc) is 3.27. The number of pyridine rings is 1. The Morgan fingerprint density at radius 3 is 2.77 bits per heavy atom. The molecule has 0 radical (unpaired) electrons. The molecule has 8 heteroatoms. The number of benzene rings is 1. The van der Waals surface area contributed by atoms with Crippen molar-refractivity contribution in [2.75, 3.05) is 33.3 Å². The summed E-state index contributed by atoms with van der Waals surface area (Å²) in [4.78, 5) is 17.7. The molecule has 2 heterocycles. The molecule has 1 amide bonds. The van der Waals surface area contributed by atoms with Gasteiger partial charge in [-0.05, 0) is 43.3 Å². The molecule has 1 aromatic carbocycles. The van der Waals surface area contributed by atoms with Gasteiger partial charge in [-0.2, -0.15) is 5.10 Å². The first-order chi connectivity index (χ1) is 15.1. The molecule has 164 valence electrons. The van der Waals surface area contributed by atoms with Crippen LogP contribution in [0.5, 0.6) is 5.75 Å². The summed E-state index contributed by atoms with van der Waals surface area (Å²) < 4.78 is 7.40. The fourth-order valence-corrected chi connectivity index (χ4v) is 2.93. The summed E-state index contributed by atoms with van der Waals surface area (Å²) in [6.45, 7) is 4.39. The van der Waals surface area contributed by atoms with Crippen LogP contribution in [0.1, 0.15) is 18.6 Å². The van der Waals surface area contributed by atoms with Gasteiger partial charge in [0.1, 0.15) is 18.9 Å². The van der Waals surface area contributed by atoms with Gasteiger partial charge in [-0.1, -0.05) is 6.07 Å². The molecule has 3 rings (SSSR count). The lowest BCUT2D eigenvalue weighted by molar-refractivity contribution is -0.130. The van der Waals surface area contributed by atoms with Crippen molar-refractivity contribution < 1.29 is 14.6 Å². The number of aliphatic hydroxyl groups is 1.